The van der Waals surface area contributed by atoms with E-state index in [0.717, 1.165) is 12.1 Å². The molecule has 1 fully saturated rings. The normalized spacial score (nSPS) is 19.1. The summed E-state index contributed by atoms with van der Waals surface area (Å²) >= 11 is 0. The van der Waals surface area contributed by atoms with Crippen LogP contribution in [0.3, 0.4) is 0 Å². The van der Waals surface area contributed by atoms with Gasteiger partial charge in [-0.2, -0.15) is 13.2 Å². The number of amides is 3. The molecule has 0 radical (unpaired) electrons. The lowest BCUT2D eigenvalue weighted by atomic mass is 9.93. The summed E-state index contributed by atoms with van der Waals surface area (Å²) < 4.78 is 40.6. The minimum atomic E-state index is -4.73. The second kappa shape index (κ2) is 9.17. The summed E-state index contributed by atoms with van der Waals surface area (Å²) in [6.45, 7) is 0. The van der Waals surface area contributed by atoms with Gasteiger partial charge in [-0.15, -0.1) is 0 Å². The summed E-state index contributed by atoms with van der Waals surface area (Å²) in [5.41, 5.74) is -1.20. The van der Waals surface area contributed by atoms with Crippen LogP contribution < -0.4 is 16.0 Å². The zero-order valence-electron chi connectivity index (χ0n) is 16.0. The van der Waals surface area contributed by atoms with Crippen molar-refractivity contribution in [1.29, 1.82) is 0 Å². The summed E-state index contributed by atoms with van der Waals surface area (Å²) in [7, 11) is 0. The SMILES string of the molecule is O=C(Nc1ccc(NC(=O)c2ccccc2)cc1C(F)(F)F)NC1CCC(O)CC1. The Balaban J connectivity index is 1.71. The van der Waals surface area contributed by atoms with Crippen LogP contribution in [0.5, 0.6) is 0 Å². The van der Waals surface area contributed by atoms with E-state index in [-0.39, 0.29) is 11.7 Å². The van der Waals surface area contributed by atoms with Crippen molar-refractivity contribution >= 4 is 23.3 Å². The number of aliphatic hydroxyl groups is 1. The van der Waals surface area contributed by atoms with Crippen LogP contribution in [0.25, 0.3) is 0 Å². The van der Waals surface area contributed by atoms with Gasteiger partial charge in [-0.25, -0.2) is 4.79 Å². The highest BCUT2D eigenvalue weighted by molar-refractivity contribution is 6.04. The number of carbonyl (C=O) groups is 2. The van der Waals surface area contributed by atoms with E-state index in [0.29, 0.717) is 31.2 Å². The maximum Gasteiger partial charge on any atom is 0.418 e. The summed E-state index contributed by atoms with van der Waals surface area (Å²) in [5, 5.41) is 16.8. The number of rotatable bonds is 4. The molecule has 0 atom stereocenters. The number of urea groups is 1. The summed E-state index contributed by atoms with van der Waals surface area (Å²) in [6, 6.07) is 10.3. The molecular weight excluding hydrogens is 399 g/mol. The minimum Gasteiger partial charge on any atom is -0.393 e. The first kappa shape index (κ1) is 21.6. The van der Waals surface area contributed by atoms with E-state index in [9.17, 15) is 27.9 Å². The van der Waals surface area contributed by atoms with E-state index in [1.165, 1.54) is 6.07 Å². The third-order valence-corrected chi connectivity index (χ3v) is 4.90. The van der Waals surface area contributed by atoms with Crippen molar-refractivity contribution in [3.05, 3.63) is 59.7 Å². The number of alkyl halides is 3. The Morgan fingerprint density at radius 3 is 2.23 bits per heavy atom. The van der Waals surface area contributed by atoms with Crippen molar-refractivity contribution in [3.63, 3.8) is 0 Å². The molecule has 0 spiro atoms. The molecule has 160 valence electrons. The summed E-state index contributed by atoms with van der Waals surface area (Å²) in [4.78, 5) is 24.4. The van der Waals surface area contributed by atoms with Gasteiger partial charge in [0.15, 0.2) is 0 Å². The van der Waals surface area contributed by atoms with Gasteiger partial charge in [-0.1, -0.05) is 18.2 Å². The fraction of sp³-hybridized carbons (Fsp3) is 0.333. The monoisotopic (exact) mass is 421 g/mol. The molecule has 0 aliphatic heterocycles. The lowest BCUT2D eigenvalue weighted by molar-refractivity contribution is -0.136. The van der Waals surface area contributed by atoms with Gasteiger partial charge >= 0.3 is 12.2 Å². The van der Waals surface area contributed by atoms with Crippen LogP contribution in [-0.4, -0.2) is 29.2 Å². The van der Waals surface area contributed by atoms with Gasteiger partial charge in [-0.05, 0) is 56.0 Å². The molecule has 3 amide bonds. The van der Waals surface area contributed by atoms with Crippen molar-refractivity contribution in [3.8, 4) is 0 Å². The van der Waals surface area contributed by atoms with Gasteiger partial charge in [0, 0.05) is 17.3 Å². The van der Waals surface area contributed by atoms with Gasteiger partial charge in [0.1, 0.15) is 0 Å². The van der Waals surface area contributed by atoms with Crippen LogP contribution in [-0.2, 0) is 6.18 Å². The zero-order valence-corrected chi connectivity index (χ0v) is 16.0. The highest BCUT2D eigenvalue weighted by atomic mass is 19.4. The molecule has 2 aromatic rings. The molecule has 1 aliphatic carbocycles. The maximum absolute atomic E-state index is 13.5. The molecule has 0 saturated heterocycles. The Kier molecular flexibility index (Phi) is 6.61. The van der Waals surface area contributed by atoms with E-state index < -0.39 is 35.5 Å². The van der Waals surface area contributed by atoms with E-state index in [2.05, 4.69) is 16.0 Å². The van der Waals surface area contributed by atoms with Crippen LogP contribution in [0.4, 0.5) is 29.3 Å². The van der Waals surface area contributed by atoms with E-state index in [1.54, 1.807) is 30.3 Å². The number of anilines is 2. The van der Waals surface area contributed by atoms with Crippen molar-refractivity contribution in [2.24, 2.45) is 0 Å². The third-order valence-electron chi connectivity index (χ3n) is 4.90. The van der Waals surface area contributed by atoms with Crippen LogP contribution in [0, 0.1) is 0 Å². The first-order chi connectivity index (χ1) is 14.2. The van der Waals surface area contributed by atoms with Gasteiger partial charge < -0.3 is 21.1 Å². The molecule has 0 unspecified atom stereocenters. The molecule has 0 aromatic heterocycles. The Bertz CT molecular complexity index is 895. The third kappa shape index (κ3) is 5.73. The van der Waals surface area contributed by atoms with Crippen LogP contribution in [0.2, 0.25) is 0 Å². The number of benzene rings is 2. The molecule has 1 aliphatic rings. The number of aliphatic hydroxyl groups excluding tert-OH is 1. The van der Waals surface area contributed by atoms with Crippen LogP contribution in [0.1, 0.15) is 41.6 Å². The number of nitrogens with one attached hydrogen (secondary N) is 3. The summed E-state index contributed by atoms with van der Waals surface area (Å²) in [5.74, 6) is -0.540. The van der Waals surface area contributed by atoms with Gasteiger partial charge in [0.25, 0.3) is 5.91 Å². The molecular formula is C21H22F3N3O3. The summed E-state index contributed by atoms with van der Waals surface area (Å²) in [6.07, 6.45) is -2.94. The topological polar surface area (TPSA) is 90.5 Å². The van der Waals surface area contributed by atoms with Crippen molar-refractivity contribution in [2.45, 2.75) is 44.0 Å². The smallest absolute Gasteiger partial charge is 0.393 e. The lowest BCUT2D eigenvalue weighted by Crippen LogP contribution is -2.41. The Morgan fingerprint density at radius 1 is 0.933 bits per heavy atom. The second-order valence-corrected chi connectivity index (χ2v) is 7.18. The number of carbonyl (C=O) groups excluding carboxylic acids is 2. The second-order valence-electron chi connectivity index (χ2n) is 7.18. The first-order valence-electron chi connectivity index (χ1n) is 9.55. The van der Waals surface area contributed by atoms with E-state index >= 15 is 0 Å². The molecule has 30 heavy (non-hydrogen) atoms. The Labute approximate surface area is 171 Å². The van der Waals surface area contributed by atoms with Gasteiger partial charge in [0.2, 0.25) is 0 Å². The van der Waals surface area contributed by atoms with Crippen molar-refractivity contribution < 1.29 is 27.9 Å². The lowest BCUT2D eigenvalue weighted by Gasteiger charge is -2.26. The Hall–Kier alpha value is -3.07. The predicted molar refractivity (Wildman–Crippen MR) is 106 cm³/mol. The fourth-order valence-corrected chi connectivity index (χ4v) is 3.32. The highest BCUT2D eigenvalue weighted by Gasteiger charge is 2.34. The average Bonchev–Trinajstić information content (AvgIpc) is 2.70. The average molecular weight is 421 g/mol. The number of hydrogen-bond acceptors (Lipinski definition) is 3. The standard InChI is InChI=1S/C21H22F3N3O3/c22-21(23,24)17-12-15(25-19(29)13-4-2-1-3-5-13)8-11-18(17)27-20(30)26-14-6-9-16(28)10-7-14/h1-5,8,11-12,14,16,28H,6-7,9-10H2,(H,25,29)(H2,26,27,30). The molecule has 2 aromatic carbocycles. The van der Waals surface area contributed by atoms with Crippen molar-refractivity contribution in [1.82, 2.24) is 5.32 Å². The highest BCUT2D eigenvalue weighted by Crippen LogP contribution is 2.36. The quantitative estimate of drug-likeness (QED) is 0.591. The molecule has 1 saturated carbocycles. The number of halogens is 3. The zero-order chi connectivity index (χ0) is 21.7. The molecule has 6 nitrogen and oxygen atoms in total. The Morgan fingerprint density at radius 2 is 1.60 bits per heavy atom. The number of hydrogen-bond donors (Lipinski definition) is 4. The van der Waals surface area contributed by atoms with E-state index in [1.807, 2.05) is 0 Å². The largest absolute Gasteiger partial charge is 0.418 e. The molecule has 4 N–H and O–H groups in total. The van der Waals surface area contributed by atoms with Gasteiger partial charge in [0.05, 0.1) is 17.4 Å². The van der Waals surface area contributed by atoms with Crippen LogP contribution >= 0.6 is 0 Å². The van der Waals surface area contributed by atoms with E-state index in [4.69, 9.17) is 0 Å². The molecule has 3 rings (SSSR count). The first-order valence-corrected chi connectivity index (χ1v) is 9.55. The maximum atomic E-state index is 13.5. The molecule has 0 bridgehead atoms. The molecule has 0 heterocycles. The van der Waals surface area contributed by atoms with Crippen molar-refractivity contribution in [2.75, 3.05) is 10.6 Å². The predicted octanol–water partition coefficient (Wildman–Crippen LogP) is 4.38. The minimum absolute atomic E-state index is 0.0385. The van der Waals surface area contributed by atoms with Gasteiger partial charge in [-0.3, -0.25) is 4.79 Å². The fourth-order valence-electron chi connectivity index (χ4n) is 3.32. The molecule has 9 heteroatoms. The van der Waals surface area contributed by atoms with Crippen LogP contribution in [0.15, 0.2) is 48.5 Å².